The van der Waals surface area contributed by atoms with Gasteiger partial charge in [0.2, 0.25) is 10.0 Å². The summed E-state index contributed by atoms with van der Waals surface area (Å²) in [6, 6.07) is 10.2. The standard InChI is InChI=1S/C13H14N2O3S/c16-9-8-15-19(17,18)13-5-3-11(4-6-13)12-2-1-7-14-10-12/h1-7,10,15-16H,8-9H2. The molecule has 1 heterocycles. The van der Waals surface area contributed by atoms with Crippen LogP contribution in [0.3, 0.4) is 0 Å². The predicted octanol–water partition coefficient (Wildman–Crippen LogP) is 1.02. The second kappa shape index (κ2) is 5.92. The minimum atomic E-state index is -3.55. The van der Waals surface area contributed by atoms with Gasteiger partial charge in [0.05, 0.1) is 11.5 Å². The zero-order valence-corrected chi connectivity index (χ0v) is 11.0. The molecule has 0 radical (unpaired) electrons. The molecule has 0 spiro atoms. The Balaban J connectivity index is 2.24. The molecule has 0 saturated heterocycles. The fourth-order valence-corrected chi connectivity index (χ4v) is 2.64. The number of rotatable bonds is 5. The molecule has 1 aromatic heterocycles. The zero-order valence-electron chi connectivity index (χ0n) is 10.2. The summed E-state index contributed by atoms with van der Waals surface area (Å²) in [7, 11) is -3.55. The van der Waals surface area contributed by atoms with Gasteiger partial charge in [0.1, 0.15) is 0 Å². The van der Waals surface area contributed by atoms with Gasteiger partial charge in [-0.05, 0) is 29.3 Å². The van der Waals surface area contributed by atoms with Gasteiger partial charge in [-0.3, -0.25) is 4.98 Å². The molecule has 2 aromatic rings. The lowest BCUT2D eigenvalue weighted by molar-refractivity contribution is 0.301. The lowest BCUT2D eigenvalue weighted by atomic mass is 10.1. The van der Waals surface area contributed by atoms with Crippen LogP contribution in [0, 0.1) is 0 Å². The Kier molecular flexibility index (Phi) is 4.26. The number of aliphatic hydroxyl groups is 1. The van der Waals surface area contributed by atoms with E-state index in [9.17, 15) is 8.42 Å². The number of nitrogens with zero attached hydrogens (tertiary/aromatic N) is 1. The molecule has 0 saturated carbocycles. The molecule has 5 nitrogen and oxygen atoms in total. The summed E-state index contributed by atoms with van der Waals surface area (Å²) in [5, 5.41) is 8.64. The maximum Gasteiger partial charge on any atom is 0.240 e. The van der Waals surface area contributed by atoms with Crippen molar-refractivity contribution in [1.29, 1.82) is 0 Å². The van der Waals surface area contributed by atoms with Crippen LogP contribution in [0.2, 0.25) is 0 Å². The Bertz CT molecular complexity index is 625. The fraction of sp³-hybridized carbons (Fsp3) is 0.154. The highest BCUT2D eigenvalue weighted by atomic mass is 32.2. The monoisotopic (exact) mass is 278 g/mol. The maximum atomic E-state index is 11.8. The normalized spacial score (nSPS) is 11.4. The van der Waals surface area contributed by atoms with E-state index in [1.54, 1.807) is 24.5 Å². The molecule has 0 aliphatic heterocycles. The van der Waals surface area contributed by atoms with Crippen molar-refractivity contribution in [3.63, 3.8) is 0 Å². The van der Waals surface area contributed by atoms with E-state index >= 15 is 0 Å². The van der Waals surface area contributed by atoms with Gasteiger partial charge in [0.25, 0.3) is 0 Å². The van der Waals surface area contributed by atoms with Crippen molar-refractivity contribution in [1.82, 2.24) is 9.71 Å². The summed E-state index contributed by atoms with van der Waals surface area (Å²) in [5.74, 6) is 0. The molecule has 0 aliphatic rings. The first kappa shape index (κ1) is 13.7. The van der Waals surface area contributed by atoms with Crippen LogP contribution in [-0.2, 0) is 10.0 Å². The molecule has 2 N–H and O–H groups in total. The van der Waals surface area contributed by atoms with Crippen LogP contribution >= 0.6 is 0 Å². The molecule has 0 fully saturated rings. The number of sulfonamides is 1. The third-order valence-electron chi connectivity index (χ3n) is 2.56. The second-order valence-electron chi connectivity index (χ2n) is 3.89. The zero-order chi connectivity index (χ0) is 13.7. The minimum absolute atomic E-state index is 0.00664. The average molecular weight is 278 g/mol. The summed E-state index contributed by atoms with van der Waals surface area (Å²) < 4.78 is 25.9. The molecule has 0 unspecified atom stereocenters. The highest BCUT2D eigenvalue weighted by Crippen LogP contribution is 2.20. The number of benzene rings is 1. The molecule has 0 bridgehead atoms. The molecule has 6 heteroatoms. The van der Waals surface area contributed by atoms with Gasteiger partial charge in [-0.2, -0.15) is 0 Å². The maximum absolute atomic E-state index is 11.8. The Morgan fingerprint density at radius 1 is 1.11 bits per heavy atom. The first-order valence-corrected chi connectivity index (χ1v) is 7.23. The van der Waals surface area contributed by atoms with Crippen molar-refractivity contribution in [3.8, 4) is 11.1 Å². The van der Waals surface area contributed by atoms with Gasteiger partial charge in [0.15, 0.2) is 0 Å². The molecule has 0 amide bonds. The predicted molar refractivity (Wildman–Crippen MR) is 71.9 cm³/mol. The molecule has 0 atom stereocenters. The first-order valence-electron chi connectivity index (χ1n) is 5.74. The first-order chi connectivity index (χ1) is 9.13. The van der Waals surface area contributed by atoms with E-state index in [0.29, 0.717) is 0 Å². The lowest BCUT2D eigenvalue weighted by Gasteiger charge is -2.06. The third kappa shape index (κ3) is 3.37. The number of hydrogen-bond acceptors (Lipinski definition) is 4. The molecule has 2 rings (SSSR count). The van der Waals surface area contributed by atoms with Crippen molar-refractivity contribution in [2.24, 2.45) is 0 Å². The average Bonchev–Trinajstić information content (AvgIpc) is 2.46. The number of aliphatic hydroxyl groups excluding tert-OH is 1. The Morgan fingerprint density at radius 2 is 1.84 bits per heavy atom. The molecular formula is C13H14N2O3S. The van der Waals surface area contributed by atoms with Crippen molar-refractivity contribution in [2.45, 2.75) is 4.90 Å². The van der Waals surface area contributed by atoms with Gasteiger partial charge in [0, 0.05) is 18.9 Å². The Labute approximate surface area is 112 Å². The number of nitrogens with one attached hydrogen (secondary N) is 1. The topological polar surface area (TPSA) is 79.3 Å². The van der Waals surface area contributed by atoms with E-state index in [2.05, 4.69) is 9.71 Å². The van der Waals surface area contributed by atoms with E-state index in [1.807, 2.05) is 12.1 Å². The van der Waals surface area contributed by atoms with Crippen LogP contribution < -0.4 is 4.72 Å². The minimum Gasteiger partial charge on any atom is -0.395 e. The Morgan fingerprint density at radius 3 is 2.42 bits per heavy atom. The van der Waals surface area contributed by atoms with Crippen molar-refractivity contribution < 1.29 is 13.5 Å². The third-order valence-corrected chi connectivity index (χ3v) is 4.04. The van der Waals surface area contributed by atoms with Gasteiger partial charge >= 0.3 is 0 Å². The second-order valence-corrected chi connectivity index (χ2v) is 5.65. The molecule has 1 aromatic carbocycles. The van der Waals surface area contributed by atoms with E-state index < -0.39 is 10.0 Å². The highest BCUT2D eigenvalue weighted by molar-refractivity contribution is 7.89. The molecule has 0 aliphatic carbocycles. The van der Waals surface area contributed by atoms with Crippen molar-refractivity contribution >= 4 is 10.0 Å². The van der Waals surface area contributed by atoms with E-state index in [4.69, 9.17) is 5.11 Å². The Hall–Kier alpha value is -1.76. The summed E-state index contributed by atoms with van der Waals surface area (Å²) in [4.78, 5) is 4.19. The van der Waals surface area contributed by atoms with Crippen LogP contribution in [0.5, 0.6) is 0 Å². The van der Waals surface area contributed by atoms with E-state index in [1.165, 1.54) is 12.1 Å². The SMILES string of the molecule is O=S(=O)(NCCO)c1ccc(-c2cccnc2)cc1. The van der Waals surface area contributed by atoms with Gasteiger partial charge in [-0.1, -0.05) is 18.2 Å². The lowest BCUT2D eigenvalue weighted by Crippen LogP contribution is -2.26. The largest absolute Gasteiger partial charge is 0.395 e. The number of pyridine rings is 1. The van der Waals surface area contributed by atoms with Gasteiger partial charge in [-0.15, -0.1) is 0 Å². The van der Waals surface area contributed by atoms with Gasteiger partial charge < -0.3 is 5.11 Å². The highest BCUT2D eigenvalue weighted by Gasteiger charge is 2.12. The number of aromatic nitrogens is 1. The van der Waals surface area contributed by atoms with E-state index in [-0.39, 0.29) is 18.0 Å². The summed E-state index contributed by atoms with van der Waals surface area (Å²) in [6.07, 6.45) is 3.40. The quantitative estimate of drug-likeness (QED) is 0.856. The van der Waals surface area contributed by atoms with Gasteiger partial charge in [-0.25, -0.2) is 13.1 Å². The van der Waals surface area contributed by atoms with Crippen molar-refractivity contribution in [2.75, 3.05) is 13.2 Å². The van der Waals surface area contributed by atoms with E-state index in [0.717, 1.165) is 11.1 Å². The summed E-state index contributed by atoms with van der Waals surface area (Å²) in [5.41, 5.74) is 1.82. The van der Waals surface area contributed by atoms with Crippen LogP contribution in [0.15, 0.2) is 53.7 Å². The fourth-order valence-electron chi connectivity index (χ4n) is 1.62. The summed E-state index contributed by atoms with van der Waals surface area (Å²) in [6.45, 7) is -0.223. The number of hydrogen-bond donors (Lipinski definition) is 2. The van der Waals surface area contributed by atoms with Crippen LogP contribution in [0.4, 0.5) is 0 Å². The van der Waals surface area contributed by atoms with Crippen LogP contribution in [0.25, 0.3) is 11.1 Å². The smallest absolute Gasteiger partial charge is 0.240 e. The van der Waals surface area contributed by atoms with Crippen LogP contribution in [-0.4, -0.2) is 31.7 Å². The molecule has 100 valence electrons. The molecular weight excluding hydrogens is 264 g/mol. The summed E-state index contributed by atoms with van der Waals surface area (Å²) >= 11 is 0. The van der Waals surface area contributed by atoms with Crippen LogP contribution in [0.1, 0.15) is 0 Å². The van der Waals surface area contributed by atoms with Crippen molar-refractivity contribution in [3.05, 3.63) is 48.8 Å². The molecule has 19 heavy (non-hydrogen) atoms.